The van der Waals surface area contributed by atoms with E-state index in [0.29, 0.717) is 17.9 Å². The van der Waals surface area contributed by atoms with Gasteiger partial charge in [-0.2, -0.15) is 16.1 Å². The number of sulfonamides is 1. The van der Waals surface area contributed by atoms with Crippen molar-refractivity contribution in [3.8, 4) is 0 Å². The zero-order valence-electron chi connectivity index (χ0n) is 16.0. The van der Waals surface area contributed by atoms with Gasteiger partial charge in [0.2, 0.25) is 10.0 Å². The normalized spacial score (nSPS) is 18.0. The van der Waals surface area contributed by atoms with Gasteiger partial charge in [0.15, 0.2) is 0 Å². The van der Waals surface area contributed by atoms with E-state index in [0.717, 1.165) is 5.75 Å². The molecule has 0 N–H and O–H groups in total. The Morgan fingerprint density at radius 1 is 1.30 bits per heavy atom. The lowest BCUT2D eigenvalue weighted by molar-refractivity contribution is -0.147. The van der Waals surface area contributed by atoms with E-state index >= 15 is 0 Å². The molecule has 1 unspecified atom stereocenters. The van der Waals surface area contributed by atoms with Crippen LogP contribution in [0.5, 0.6) is 0 Å². The van der Waals surface area contributed by atoms with Crippen LogP contribution >= 0.6 is 11.8 Å². The van der Waals surface area contributed by atoms with Gasteiger partial charge in [-0.1, -0.05) is 0 Å². The van der Waals surface area contributed by atoms with Crippen molar-refractivity contribution in [2.45, 2.75) is 37.8 Å². The van der Waals surface area contributed by atoms with Crippen molar-refractivity contribution in [3.05, 3.63) is 29.8 Å². The lowest BCUT2D eigenvalue weighted by Crippen LogP contribution is -2.51. The van der Waals surface area contributed by atoms with Crippen molar-refractivity contribution in [3.63, 3.8) is 0 Å². The van der Waals surface area contributed by atoms with Gasteiger partial charge in [-0.05, 0) is 45.0 Å². The van der Waals surface area contributed by atoms with Gasteiger partial charge in [-0.25, -0.2) is 13.2 Å². The van der Waals surface area contributed by atoms with Crippen LogP contribution in [0.1, 0.15) is 31.1 Å². The van der Waals surface area contributed by atoms with Crippen LogP contribution in [-0.4, -0.2) is 73.3 Å². The molecule has 150 valence electrons. The van der Waals surface area contributed by atoms with Gasteiger partial charge in [0.05, 0.1) is 11.5 Å². The Morgan fingerprint density at radius 3 is 2.48 bits per heavy atom. The Bertz CT molecular complexity index is 777. The van der Waals surface area contributed by atoms with Crippen molar-refractivity contribution < 1.29 is 22.7 Å². The second kappa shape index (κ2) is 9.07. The first kappa shape index (κ1) is 21.7. The molecule has 0 bridgehead atoms. The van der Waals surface area contributed by atoms with Crippen LogP contribution in [0.3, 0.4) is 0 Å². The highest BCUT2D eigenvalue weighted by Crippen LogP contribution is 2.22. The highest BCUT2D eigenvalue weighted by Gasteiger charge is 2.34. The third-order valence-electron chi connectivity index (χ3n) is 4.45. The minimum absolute atomic E-state index is 0.131. The first-order valence-electron chi connectivity index (χ1n) is 8.83. The molecule has 9 heteroatoms. The maximum atomic E-state index is 12.9. The molecule has 1 aromatic rings. The van der Waals surface area contributed by atoms with E-state index < -0.39 is 22.0 Å². The molecule has 2 rings (SSSR count). The molecule has 0 radical (unpaired) electrons. The Morgan fingerprint density at radius 2 is 1.93 bits per heavy atom. The van der Waals surface area contributed by atoms with E-state index in [1.165, 1.54) is 40.5 Å². The Kier molecular flexibility index (Phi) is 7.30. The fourth-order valence-electron chi connectivity index (χ4n) is 2.66. The number of ether oxygens (including phenoxy) is 1. The fraction of sp³-hybridized carbons (Fsp3) is 0.556. The minimum atomic E-state index is -3.61. The molecule has 1 amide bonds. The predicted octanol–water partition coefficient (Wildman–Crippen LogP) is 1.84. The lowest BCUT2D eigenvalue weighted by Gasteiger charge is -2.33. The maximum Gasteiger partial charge on any atom is 0.329 e. The topological polar surface area (TPSA) is 84.0 Å². The summed E-state index contributed by atoms with van der Waals surface area (Å²) in [5.74, 6) is 0.536. The Labute approximate surface area is 165 Å². The number of nitrogens with zero attached hydrogens (tertiary/aromatic N) is 2. The van der Waals surface area contributed by atoms with Crippen molar-refractivity contribution in [1.82, 2.24) is 9.21 Å². The highest BCUT2D eigenvalue weighted by molar-refractivity contribution is 7.99. The molecule has 0 aromatic heterocycles. The predicted molar refractivity (Wildman–Crippen MR) is 105 cm³/mol. The summed E-state index contributed by atoms with van der Waals surface area (Å²) >= 11 is 1.61. The molecule has 1 aromatic carbocycles. The number of rotatable bonds is 6. The number of hydrogen-bond donors (Lipinski definition) is 0. The molecular formula is C18H26N2O5S2. The number of carbonyl (C=O) groups excluding carboxylic acids is 2. The van der Waals surface area contributed by atoms with E-state index in [9.17, 15) is 18.0 Å². The zero-order chi connectivity index (χ0) is 20.2. The number of hydrogen-bond acceptors (Lipinski definition) is 6. The minimum Gasteiger partial charge on any atom is -0.464 e. The Balaban J connectivity index is 2.23. The first-order valence-corrected chi connectivity index (χ1v) is 11.4. The van der Waals surface area contributed by atoms with Crippen molar-refractivity contribution in [2.75, 3.05) is 31.7 Å². The molecular weight excluding hydrogens is 388 g/mol. The quantitative estimate of drug-likeness (QED) is 0.661. The average molecular weight is 415 g/mol. The van der Waals surface area contributed by atoms with Crippen LogP contribution in [0.2, 0.25) is 0 Å². The summed E-state index contributed by atoms with van der Waals surface area (Å²) in [5.41, 5.74) is 0.349. The summed E-state index contributed by atoms with van der Waals surface area (Å²) < 4.78 is 31.4. The SMILES string of the molecule is CCOC(=O)C1CSCCN1C(=O)c1ccc(S(=O)(=O)N(C)C(C)C)cc1. The van der Waals surface area contributed by atoms with Crippen molar-refractivity contribution in [1.29, 1.82) is 0 Å². The van der Waals surface area contributed by atoms with Gasteiger partial charge >= 0.3 is 5.97 Å². The molecule has 1 aliphatic heterocycles. The van der Waals surface area contributed by atoms with Crippen LogP contribution in [-0.2, 0) is 19.6 Å². The molecule has 1 heterocycles. The van der Waals surface area contributed by atoms with Crippen LogP contribution in [0.15, 0.2) is 29.2 Å². The maximum absolute atomic E-state index is 12.9. The molecule has 27 heavy (non-hydrogen) atoms. The van der Waals surface area contributed by atoms with E-state index in [1.54, 1.807) is 32.5 Å². The van der Waals surface area contributed by atoms with Crippen LogP contribution in [0, 0.1) is 0 Å². The summed E-state index contributed by atoms with van der Waals surface area (Å²) in [6, 6.07) is 5.05. The molecule has 0 aliphatic carbocycles. The summed E-state index contributed by atoms with van der Waals surface area (Å²) in [6.45, 7) is 6.02. The van der Waals surface area contributed by atoms with Crippen molar-refractivity contribution in [2.24, 2.45) is 0 Å². The van der Waals surface area contributed by atoms with Crippen LogP contribution in [0.4, 0.5) is 0 Å². The standard InChI is InChI=1S/C18H26N2O5S2/c1-5-25-18(22)16-12-26-11-10-20(16)17(21)14-6-8-15(9-7-14)27(23,24)19(4)13(2)3/h6-9,13,16H,5,10-12H2,1-4H3. The molecule has 0 spiro atoms. The molecule has 1 aliphatic rings. The molecule has 0 saturated carbocycles. The molecule has 1 saturated heterocycles. The van der Waals surface area contributed by atoms with E-state index in [1.807, 2.05) is 0 Å². The van der Waals surface area contributed by atoms with E-state index in [2.05, 4.69) is 0 Å². The molecule has 7 nitrogen and oxygen atoms in total. The van der Waals surface area contributed by atoms with Gasteiger partial charge < -0.3 is 9.64 Å². The van der Waals surface area contributed by atoms with Gasteiger partial charge in [-0.3, -0.25) is 4.79 Å². The number of benzene rings is 1. The number of thioether (sulfide) groups is 1. The largest absolute Gasteiger partial charge is 0.464 e. The van der Waals surface area contributed by atoms with Gasteiger partial charge in [0.25, 0.3) is 5.91 Å². The number of amides is 1. The fourth-order valence-corrected chi connectivity index (χ4v) is 5.06. The second-order valence-electron chi connectivity index (χ2n) is 6.48. The third-order valence-corrected chi connectivity index (χ3v) is 7.52. The monoisotopic (exact) mass is 414 g/mol. The lowest BCUT2D eigenvalue weighted by atomic mass is 10.1. The zero-order valence-corrected chi connectivity index (χ0v) is 17.7. The van der Waals surface area contributed by atoms with E-state index in [-0.39, 0.29) is 23.5 Å². The summed E-state index contributed by atoms with van der Waals surface area (Å²) in [4.78, 5) is 26.7. The summed E-state index contributed by atoms with van der Waals surface area (Å²) in [5, 5.41) is 0. The smallest absolute Gasteiger partial charge is 0.329 e. The number of carbonyl (C=O) groups is 2. The van der Waals surface area contributed by atoms with Gasteiger partial charge in [-0.15, -0.1) is 0 Å². The van der Waals surface area contributed by atoms with Crippen LogP contribution in [0.25, 0.3) is 0 Å². The molecule has 1 fully saturated rings. The average Bonchev–Trinajstić information content (AvgIpc) is 2.67. The second-order valence-corrected chi connectivity index (χ2v) is 9.63. The Hall–Kier alpha value is -1.58. The third kappa shape index (κ3) is 4.83. The summed E-state index contributed by atoms with van der Waals surface area (Å²) in [6.07, 6.45) is 0. The molecule has 1 atom stereocenters. The van der Waals surface area contributed by atoms with Gasteiger partial charge in [0, 0.05) is 36.7 Å². The van der Waals surface area contributed by atoms with Crippen LogP contribution < -0.4 is 0 Å². The van der Waals surface area contributed by atoms with E-state index in [4.69, 9.17) is 4.74 Å². The van der Waals surface area contributed by atoms with Gasteiger partial charge in [0.1, 0.15) is 6.04 Å². The summed E-state index contributed by atoms with van der Waals surface area (Å²) in [7, 11) is -2.08. The highest BCUT2D eigenvalue weighted by atomic mass is 32.2. The number of esters is 1. The van der Waals surface area contributed by atoms with Crippen molar-refractivity contribution >= 4 is 33.7 Å². The first-order chi connectivity index (χ1) is 12.7.